The van der Waals surface area contributed by atoms with E-state index in [1.165, 1.54) is 6.42 Å². The zero-order valence-electron chi connectivity index (χ0n) is 18.6. The van der Waals surface area contributed by atoms with Crippen LogP contribution in [0.2, 0.25) is 0 Å². The number of aromatic nitrogens is 3. The van der Waals surface area contributed by atoms with Crippen molar-refractivity contribution in [1.29, 1.82) is 0 Å². The topological polar surface area (TPSA) is 81.9 Å². The number of guanidine groups is 1. The first kappa shape index (κ1) is 21.5. The average Bonchev–Trinajstić information content (AvgIpc) is 3.01. The Balaban J connectivity index is 1.45. The lowest BCUT2D eigenvalue weighted by Gasteiger charge is -2.39. The number of nitrogens with one attached hydrogen (secondary N) is 1. The number of amides is 1. The number of likely N-dealkylation sites (tertiary alicyclic amines) is 1. The Labute approximate surface area is 174 Å². The molecule has 0 aromatic carbocycles. The van der Waals surface area contributed by atoms with Gasteiger partial charge in [-0.1, -0.05) is 13.8 Å². The fourth-order valence-electron chi connectivity index (χ4n) is 4.37. The highest BCUT2D eigenvalue weighted by Crippen LogP contribution is 2.21. The van der Waals surface area contributed by atoms with Crippen LogP contribution in [0.3, 0.4) is 0 Å². The molecule has 162 valence electrons. The lowest BCUT2D eigenvalue weighted by molar-refractivity contribution is -0.135. The number of hydrogen-bond donors (Lipinski definition) is 1. The van der Waals surface area contributed by atoms with E-state index in [1.807, 2.05) is 18.5 Å². The van der Waals surface area contributed by atoms with Gasteiger partial charge in [-0.25, -0.2) is 0 Å². The molecule has 1 aromatic heterocycles. The molecular formula is C20H36N8O. The number of rotatable bonds is 4. The van der Waals surface area contributed by atoms with Crippen molar-refractivity contribution in [3.8, 4) is 0 Å². The number of piperidine rings is 1. The highest BCUT2D eigenvalue weighted by atomic mass is 16.2. The molecule has 1 aromatic rings. The molecule has 0 bridgehead atoms. The van der Waals surface area contributed by atoms with Crippen LogP contribution in [-0.2, 0) is 18.4 Å². The van der Waals surface area contributed by atoms with Gasteiger partial charge in [-0.15, -0.1) is 10.2 Å². The van der Waals surface area contributed by atoms with E-state index in [-0.39, 0.29) is 5.91 Å². The lowest BCUT2D eigenvalue weighted by Crippen LogP contribution is -2.55. The van der Waals surface area contributed by atoms with Crippen LogP contribution in [0.4, 0.5) is 0 Å². The summed E-state index contributed by atoms with van der Waals surface area (Å²) in [5.74, 6) is 4.14. The van der Waals surface area contributed by atoms with E-state index < -0.39 is 0 Å². The summed E-state index contributed by atoms with van der Waals surface area (Å²) in [5.41, 5.74) is 0. The first-order valence-electron chi connectivity index (χ1n) is 10.7. The SMILES string of the molecule is CN=C(NCc1nnc(C)n1C)N1CCN(CC(=O)N2CC(C)CC(C)C2)CC1. The minimum atomic E-state index is 0.275. The fourth-order valence-corrected chi connectivity index (χ4v) is 4.37. The summed E-state index contributed by atoms with van der Waals surface area (Å²) in [5, 5.41) is 11.7. The number of carbonyl (C=O) groups excluding carboxylic acids is 1. The van der Waals surface area contributed by atoms with Crippen molar-refractivity contribution in [3.05, 3.63) is 11.6 Å². The Morgan fingerprint density at radius 3 is 2.31 bits per heavy atom. The van der Waals surface area contributed by atoms with E-state index in [0.29, 0.717) is 24.9 Å². The van der Waals surface area contributed by atoms with Crippen LogP contribution in [0, 0.1) is 18.8 Å². The van der Waals surface area contributed by atoms with Gasteiger partial charge in [0.05, 0.1) is 13.1 Å². The molecule has 3 rings (SSSR count). The summed E-state index contributed by atoms with van der Waals surface area (Å²) in [6.07, 6.45) is 1.22. The largest absolute Gasteiger partial charge is 0.349 e. The molecule has 2 aliphatic rings. The molecule has 0 radical (unpaired) electrons. The quantitative estimate of drug-likeness (QED) is 0.575. The Hall–Kier alpha value is -2.16. The summed E-state index contributed by atoms with van der Waals surface area (Å²) >= 11 is 0. The van der Waals surface area contributed by atoms with Gasteiger partial charge in [0.15, 0.2) is 11.8 Å². The molecule has 2 saturated heterocycles. The number of aryl methyl sites for hydroxylation is 1. The van der Waals surface area contributed by atoms with Crippen molar-refractivity contribution in [2.45, 2.75) is 33.7 Å². The van der Waals surface area contributed by atoms with Gasteiger partial charge in [-0.2, -0.15) is 0 Å². The molecule has 0 spiro atoms. The molecule has 1 N–H and O–H groups in total. The molecule has 2 unspecified atom stereocenters. The highest BCUT2D eigenvalue weighted by molar-refractivity contribution is 5.80. The Bertz CT molecular complexity index is 712. The summed E-state index contributed by atoms with van der Waals surface area (Å²) in [7, 11) is 3.77. The Morgan fingerprint density at radius 1 is 1.10 bits per heavy atom. The highest BCUT2D eigenvalue weighted by Gasteiger charge is 2.28. The molecule has 3 heterocycles. The molecule has 1 amide bonds. The summed E-state index contributed by atoms with van der Waals surface area (Å²) < 4.78 is 1.98. The summed E-state index contributed by atoms with van der Waals surface area (Å²) in [6, 6.07) is 0. The molecule has 2 fully saturated rings. The van der Waals surface area contributed by atoms with Crippen molar-refractivity contribution in [2.75, 3.05) is 52.9 Å². The minimum Gasteiger partial charge on any atom is -0.349 e. The van der Waals surface area contributed by atoms with Gasteiger partial charge in [-0.3, -0.25) is 14.7 Å². The van der Waals surface area contributed by atoms with Gasteiger partial charge in [-0.05, 0) is 25.2 Å². The zero-order chi connectivity index (χ0) is 21.0. The van der Waals surface area contributed by atoms with Crippen LogP contribution >= 0.6 is 0 Å². The molecule has 0 aliphatic carbocycles. The van der Waals surface area contributed by atoms with Crippen molar-refractivity contribution in [3.63, 3.8) is 0 Å². The average molecular weight is 405 g/mol. The Kier molecular flexibility index (Phi) is 7.10. The lowest BCUT2D eigenvalue weighted by atomic mass is 9.92. The van der Waals surface area contributed by atoms with Crippen molar-refractivity contribution < 1.29 is 4.79 Å². The van der Waals surface area contributed by atoms with Gasteiger partial charge in [0.25, 0.3) is 0 Å². The van der Waals surface area contributed by atoms with Gasteiger partial charge in [0.1, 0.15) is 5.82 Å². The van der Waals surface area contributed by atoms with Crippen LogP contribution in [-0.4, -0.2) is 94.2 Å². The normalized spacial score (nSPS) is 24.1. The van der Waals surface area contributed by atoms with Crippen molar-refractivity contribution in [1.82, 2.24) is 34.8 Å². The molecule has 0 saturated carbocycles. The molecule has 9 heteroatoms. The number of carbonyl (C=O) groups is 1. The standard InChI is InChI=1S/C20H36N8O/c1-15-10-16(2)13-28(12-15)19(29)14-26-6-8-27(9-7-26)20(21-4)22-11-18-24-23-17(3)25(18)5/h15-16H,6-14H2,1-5H3,(H,21,22). The molecule has 2 aliphatic heterocycles. The summed E-state index contributed by atoms with van der Waals surface area (Å²) in [6.45, 7) is 12.8. The maximum Gasteiger partial charge on any atom is 0.236 e. The van der Waals surface area contributed by atoms with E-state index in [0.717, 1.165) is 56.9 Å². The maximum absolute atomic E-state index is 12.7. The smallest absolute Gasteiger partial charge is 0.236 e. The van der Waals surface area contributed by atoms with Gasteiger partial charge >= 0.3 is 0 Å². The maximum atomic E-state index is 12.7. The van der Waals surface area contributed by atoms with Gasteiger partial charge < -0.3 is 19.7 Å². The van der Waals surface area contributed by atoms with E-state index in [4.69, 9.17) is 0 Å². The van der Waals surface area contributed by atoms with Gasteiger partial charge in [0.2, 0.25) is 5.91 Å². The fraction of sp³-hybridized carbons (Fsp3) is 0.800. The predicted octanol–water partition coefficient (Wildman–Crippen LogP) is 0.321. The third-order valence-electron chi connectivity index (χ3n) is 6.05. The molecule has 29 heavy (non-hydrogen) atoms. The predicted molar refractivity (Wildman–Crippen MR) is 113 cm³/mol. The third kappa shape index (κ3) is 5.46. The number of aliphatic imine (C=N–C) groups is 1. The second kappa shape index (κ2) is 9.56. The number of nitrogens with zero attached hydrogens (tertiary/aromatic N) is 7. The van der Waals surface area contributed by atoms with E-state index in [9.17, 15) is 4.79 Å². The van der Waals surface area contributed by atoms with Crippen molar-refractivity contribution in [2.24, 2.45) is 23.9 Å². The van der Waals surface area contributed by atoms with Crippen molar-refractivity contribution >= 4 is 11.9 Å². The Morgan fingerprint density at radius 2 is 1.76 bits per heavy atom. The van der Waals surface area contributed by atoms with Gasteiger partial charge in [0, 0.05) is 53.4 Å². The van der Waals surface area contributed by atoms with Crippen LogP contribution in [0.15, 0.2) is 4.99 Å². The minimum absolute atomic E-state index is 0.275. The van der Waals surface area contributed by atoms with Crippen LogP contribution in [0.1, 0.15) is 31.9 Å². The first-order valence-corrected chi connectivity index (χ1v) is 10.7. The van der Waals surface area contributed by atoms with Crippen LogP contribution in [0.5, 0.6) is 0 Å². The number of piperazine rings is 1. The molecular weight excluding hydrogens is 368 g/mol. The molecule has 9 nitrogen and oxygen atoms in total. The van der Waals surface area contributed by atoms with E-state index >= 15 is 0 Å². The van der Waals surface area contributed by atoms with Crippen LogP contribution in [0.25, 0.3) is 0 Å². The zero-order valence-corrected chi connectivity index (χ0v) is 18.6. The monoisotopic (exact) mass is 404 g/mol. The van der Waals surface area contributed by atoms with E-state index in [1.54, 1.807) is 7.05 Å². The summed E-state index contributed by atoms with van der Waals surface area (Å²) in [4.78, 5) is 23.7. The second-order valence-corrected chi connectivity index (χ2v) is 8.63. The van der Waals surface area contributed by atoms with E-state index in [2.05, 4.69) is 49.1 Å². The first-order chi connectivity index (χ1) is 13.9. The number of hydrogen-bond acceptors (Lipinski definition) is 5. The second-order valence-electron chi connectivity index (χ2n) is 8.63. The molecule has 2 atom stereocenters. The van der Waals surface area contributed by atoms with Crippen LogP contribution < -0.4 is 5.32 Å². The third-order valence-corrected chi connectivity index (χ3v) is 6.05.